The summed E-state index contributed by atoms with van der Waals surface area (Å²) in [4.78, 5) is 30.8. The minimum Gasteiger partial charge on any atom is -0.334 e. The normalized spacial score (nSPS) is 9.35. The van der Waals surface area contributed by atoms with Crippen LogP contribution in [0.25, 0.3) is 0 Å². The van der Waals surface area contributed by atoms with Gasteiger partial charge in [0.05, 0.1) is 25.6 Å². The summed E-state index contributed by atoms with van der Waals surface area (Å²) in [7, 11) is 4.39. The second kappa shape index (κ2) is 10.7. The zero-order valence-corrected chi connectivity index (χ0v) is 14.3. The van der Waals surface area contributed by atoms with Crippen molar-refractivity contribution in [3.8, 4) is 0 Å². The van der Waals surface area contributed by atoms with E-state index in [0.717, 1.165) is 27.4 Å². The summed E-state index contributed by atoms with van der Waals surface area (Å²) in [5.74, 6) is 0. The number of hydrogen-bond donors (Lipinski definition) is 4. The number of hydroxylamine groups is 2. The van der Waals surface area contributed by atoms with E-state index in [0.29, 0.717) is 21.6 Å². The molecule has 0 aliphatic carbocycles. The topological polar surface area (TPSA) is 101 Å². The van der Waals surface area contributed by atoms with Crippen molar-refractivity contribution in [3.63, 3.8) is 0 Å². The van der Waals surface area contributed by atoms with Crippen LogP contribution in [0.4, 0.5) is 11.4 Å². The Morgan fingerprint density at radius 1 is 1.00 bits per heavy atom. The van der Waals surface area contributed by atoms with Gasteiger partial charge in [-0.15, -0.1) is 11.0 Å². The third-order valence-electron chi connectivity index (χ3n) is 2.44. The van der Waals surface area contributed by atoms with E-state index in [1.165, 1.54) is 14.2 Å². The molecule has 8 nitrogen and oxygen atoms in total. The average molecular weight is 356 g/mol. The van der Waals surface area contributed by atoms with Gasteiger partial charge in [-0.3, -0.25) is 9.68 Å². The van der Waals surface area contributed by atoms with Crippen LogP contribution < -0.4 is 21.6 Å². The van der Waals surface area contributed by atoms with Gasteiger partial charge in [-0.1, -0.05) is 12.1 Å². The molecule has 0 heterocycles. The molecule has 0 aliphatic heterocycles. The quantitative estimate of drug-likeness (QED) is 0.466. The Morgan fingerprint density at radius 3 is 2.09 bits per heavy atom. The molecule has 0 saturated carbocycles. The van der Waals surface area contributed by atoms with Gasteiger partial charge in [0.2, 0.25) is 0 Å². The lowest BCUT2D eigenvalue weighted by Crippen LogP contribution is -2.30. The van der Waals surface area contributed by atoms with Gasteiger partial charge in [-0.25, -0.2) is 9.59 Å². The number of aryl methyl sites for hydroxylation is 1. The molecule has 1 aromatic rings. The number of benzene rings is 1. The summed E-state index contributed by atoms with van der Waals surface area (Å²) >= 11 is 0. The second-order valence-electron chi connectivity index (χ2n) is 3.89. The number of carbonyl (C=O) groups excluding carboxylic acids is 2. The van der Waals surface area contributed by atoms with Crippen molar-refractivity contribution in [1.82, 2.24) is 11.0 Å². The highest BCUT2D eigenvalue weighted by Gasteiger charge is 2.09. The lowest BCUT2D eigenvalue weighted by molar-refractivity contribution is 0.146. The number of rotatable bonds is 4. The lowest BCUT2D eigenvalue weighted by atomic mass is 10.1. The van der Waals surface area contributed by atoms with Crippen LogP contribution >= 0.6 is 21.9 Å². The second-order valence-corrected chi connectivity index (χ2v) is 5.45. The Kier molecular flexibility index (Phi) is 8.85. The molecule has 0 saturated heterocycles. The van der Waals surface area contributed by atoms with Crippen LogP contribution in [0.3, 0.4) is 0 Å². The van der Waals surface area contributed by atoms with E-state index in [1.807, 2.05) is 19.1 Å². The molecule has 0 radical (unpaired) electrons. The van der Waals surface area contributed by atoms with Gasteiger partial charge >= 0.3 is 0 Å². The van der Waals surface area contributed by atoms with E-state index in [4.69, 9.17) is 9.68 Å². The molecule has 0 amide bonds. The lowest BCUT2D eigenvalue weighted by Gasteiger charge is -2.17. The molecule has 124 valence electrons. The molecular formula is C13H16N4O4S2. The summed E-state index contributed by atoms with van der Waals surface area (Å²) in [5.41, 5.74) is 7.32. The van der Waals surface area contributed by atoms with Gasteiger partial charge in [0, 0.05) is 0 Å². The molecular weight excluding hydrogens is 340 g/mol. The first-order valence-corrected chi connectivity index (χ1v) is 7.83. The zero-order valence-electron chi connectivity index (χ0n) is 12.7. The Morgan fingerprint density at radius 2 is 1.57 bits per heavy atom. The van der Waals surface area contributed by atoms with Crippen LogP contribution in [0.5, 0.6) is 0 Å². The van der Waals surface area contributed by atoms with E-state index < -0.39 is 0 Å². The van der Waals surface area contributed by atoms with Gasteiger partial charge in [0.25, 0.3) is 0 Å². The molecule has 0 aliphatic rings. The zero-order chi connectivity index (χ0) is 17.1. The maximum Gasteiger partial charge on any atom is 0.194 e. The van der Waals surface area contributed by atoms with Crippen LogP contribution in [0.2, 0.25) is 0 Å². The van der Waals surface area contributed by atoms with Crippen LogP contribution in [0.1, 0.15) is 5.56 Å². The fraction of sp³-hybridized carbons (Fsp3) is 0.231. The van der Waals surface area contributed by atoms with Crippen molar-refractivity contribution < 1.29 is 19.3 Å². The predicted molar refractivity (Wildman–Crippen MR) is 95.3 cm³/mol. The molecule has 0 fully saturated rings. The standard InChI is InChI=1S/C13H16N4O4S2/c1-9-5-4-6-10(14-12(16-20-2)22-7-18)11(9)15-13(17-21-3)23-8-19/h4-6,14-17H,1-3H3. The molecule has 1 aromatic carbocycles. The van der Waals surface area contributed by atoms with Gasteiger partial charge in [-0.2, -0.15) is 0 Å². The molecule has 0 unspecified atom stereocenters. The summed E-state index contributed by atoms with van der Waals surface area (Å²) in [5, 5.41) is 10.1. The van der Waals surface area contributed by atoms with Gasteiger partial charge in [0.15, 0.2) is 20.7 Å². The first-order valence-electron chi connectivity index (χ1n) is 6.19. The van der Waals surface area contributed by atoms with E-state index in [1.54, 1.807) is 16.5 Å². The minimum absolute atomic E-state index is 0.340. The third kappa shape index (κ3) is 6.33. The molecule has 0 bridgehead atoms. The summed E-state index contributed by atoms with van der Waals surface area (Å²) in [6.45, 7) is 1.88. The maximum atomic E-state index is 10.6. The summed E-state index contributed by atoms with van der Waals surface area (Å²) in [6.07, 6.45) is 0. The van der Waals surface area contributed by atoms with Crippen molar-refractivity contribution in [2.45, 2.75) is 6.92 Å². The SMILES string of the molecule is CONC(Nc1cccc(C)c1NC(NOC)=S=C=O)=S=C=O. The van der Waals surface area contributed by atoms with Crippen LogP contribution in [-0.4, -0.2) is 34.9 Å². The van der Waals surface area contributed by atoms with Gasteiger partial charge in [-0.05, 0) is 40.4 Å². The fourth-order valence-corrected chi connectivity index (χ4v) is 2.32. The predicted octanol–water partition coefficient (Wildman–Crippen LogP) is 0.896. The first kappa shape index (κ1) is 19.0. The van der Waals surface area contributed by atoms with E-state index in [9.17, 15) is 9.59 Å². The fourth-order valence-electron chi connectivity index (χ4n) is 1.59. The number of para-hydroxylation sites is 1. The van der Waals surface area contributed by atoms with E-state index in [-0.39, 0.29) is 0 Å². The van der Waals surface area contributed by atoms with Crippen LogP contribution in [0, 0.1) is 6.92 Å². The Hall–Kier alpha value is -2.00. The smallest absolute Gasteiger partial charge is 0.194 e. The number of nitrogens with one attached hydrogen (secondary N) is 4. The van der Waals surface area contributed by atoms with Gasteiger partial charge < -0.3 is 10.6 Å². The molecule has 10 heteroatoms. The molecule has 0 spiro atoms. The molecule has 0 atom stereocenters. The Bertz CT molecular complexity index is 729. The largest absolute Gasteiger partial charge is 0.334 e. The van der Waals surface area contributed by atoms with E-state index in [2.05, 4.69) is 21.6 Å². The summed E-state index contributed by atoms with van der Waals surface area (Å²) in [6, 6.07) is 5.51. The molecule has 4 N–H and O–H groups in total. The molecule has 23 heavy (non-hydrogen) atoms. The van der Waals surface area contributed by atoms with Crippen LogP contribution in [0.15, 0.2) is 18.2 Å². The van der Waals surface area contributed by atoms with Gasteiger partial charge in [0.1, 0.15) is 0 Å². The van der Waals surface area contributed by atoms with E-state index >= 15 is 0 Å². The summed E-state index contributed by atoms with van der Waals surface area (Å²) < 4.78 is 0. The minimum atomic E-state index is 0.340. The van der Waals surface area contributed by atoms with Crippen molar-refractivity contribution in [1.29, 1.82) is 0 Å². The van der Waals surface area contributed by atoms with Crippen LogP contribution in [-0.2, 0) is 19.3 Å². The molecule has 0 aromatic heterocycles. The monoisotopic (exact) mass is 356 g/mol. The first-order chi connectivity index (χ1) is 11.2. The van der Waals surface area contributed by atoms with Crippen molar-refractivity contribution >= 4 is 53.9 Å². The molecule has 1 rings (SSSR count). The Balaban J connectivity index is 3.23. The average Bonchev–Trinajstić information content (AvgIpc) is 2.51. The highest BCUT2D eigenvalue weighted by atomic mass is 32.1. The third-order valence-corrected chi connectivity index (χ3v) is 3.38. The highest BCUT2D eigenvalue weighted by molar-refractivity contribution is 7.96. The number of anilines is 2. The maximum absolute atomic E-state index is 10.6. The van der Waals surface area contributed by atoms with Crippen molar-refractivity contribution in [2.24, 2.45) is 0 Å². The highest BCUT2D eigenvalue weighted by Crippen LogP contribution is 2.25. The number of hydrogen-bond acceptors (Lipinski definition) is 4. The van der Waals surface area contributed by atoms with Crippen molar-refractivity contribution in [2.75, 3.05) is 24.9 Å². The van der Waals surface area contributed by atoms with Crippen molar-refractivity contribution in [3.05, 3.63) is 23.8 Å². The Labute approximate surface area is 140 Å².